The SMILES string of the molecule is CC(CS(=O)C(F)(F)F)C(=O)O. The molecule has 7 heteroatoms. The van der Waals surface area contributed by atoms with E-state index < -0.39 is 33.9 Å². The van der Waals surface area contributed by atoms with Crippen molar-refractivity contribution in [2.45, 2.75) is 12.4 Å². The molecule has 0 rings (SSSR count). The molecule has 0 spiro atoms. The summed E-state index contributed by atoms with van der Waals surface area (Å²) in [7, 11) is -3.07. The van der Waals surface area contributed by atoms with Crippen LogP contribution in [0.1, 0.15) is 6.92 Å². The lowest BCUT2D eigenvalue weighted by molar-refractivity contribution is -0.140. The van der Waals surface area contributed by atoms with E-state index in [0.29, 0.717) is 0 Å². The number of carbonyl (C=O) groups is 1. The summed E-state index contributed by atoms with van der Waals surface area (Å²) in [6.45, 7) is 1.08. The van der Waals surface area contributed by atoms with Crippen LogP contribution in [0.3, 0.4) is 0 Å². The summed E-state index contributed by atoms with van der Waals surface area (Å²) in [5.41, 5.74) is -4.82. The van der Waals surface area contributed by atoms with Crippen molar-refractivity contribution in [2.75, 3.05) is 5.75 Å². The third-order valence-electron chi connectivity index (χ3n) is 1.08. The summed E-state index contributed by atoms with van der Waals surface area (Å²) >= 11 is 0. The minimum absolute atomic E-state index is 0.890. The number of alkyl halides is 3. The fourth-order valence-corrected chi connectivity index (χ4v) is 1.18. The van der Waals surface area contributed by atoms with E-state index in [-0.39, 0.29) is 0 Å². The van der Waals surface area contributed by atoms with E-state index in [1.807, 2.05) is 0 Å². The number of rotatable bonds is 3. The van der Waals surface area contributed by atoms with Crippen LogP contribution in [0, 0.1) is 5.92 Å². The Bertz CT molecular complexity index is 201. The van der Waals surface area contributed by atoms with Crippen molar-refractivity contribution in [3.63, 3.8) is 0 Å². The molecule has 0 aliphatic carbocycles. The van der Waals surface area contributed by atoms with Gasteiger partial charge >= 0.3 is 11.5 Å². The van der Waals surface area contributed by atoms with Crippen LogP contribution in [0.15, 0.2) is 0 Å². The van der Waals surface area contributed by atoms with Gasteiger partial charge in [0.2, 0.25) is 0 Å². The molecule has 3 nitrogen and oxygen atoms in total. The second-order valence-electron chi connectivity index (χ2n) is 2.20. The molecule has 0 aliphatic rings. The van der Waals surface area contributed by atoms with Crippen molar-refractivity contribution in [3.05, 3.63) is 0 Å². The molecule has 0 heterocycles. The van der Waals surface area contributed by atoms with Gasteiger partial charge in [-0.1, -0.05) is 6.92 Å². The molecule has 2 atom stereocenters. The van der Waals surface area contributed by atoms with Crippen LogP contribution in [-0.2, 0) is 15.6 Å². The number of halogens is 3. The van der Waals surface area contributed by atoms with E-state index in [9.17, 15) is 22.2 Å². The van der Waals surface area contributed by atoms with Crippen molar-refractivity contribution in [3.8, 4) is 0 Å². The molecule has 12 heavy (non-hydrogen) atoms. The molecule has 0 aromatic rings. The van der Waals surface area contributed by atoms with E-state index in [2.05, 4.69) is 0 Å². The van der Waals surface area contributed by atoms with Crippen molar-refractivity contribution in [1.82, 2.24) is 0 Å². The van der Waals surface area contributed by atoms with E-state index >= 15 is 0 Å². The fourth-order valence-electron chi connectivity index (χ4n) is 0.393. The monoisotopic (exact) mass is 204 g/mol. The van der Waals surface area contributed by atoms with Crippen LogP contribution in [0.5, 0.6) is 0 Å². The second-order valence-corrected chi connectivity index (χ2v) is 3.68. The number of hydrogen-bond acceptors (Lipinski definition) is 2. The maximum absolute atomic E-state index is 11.6. The van der Waals surface area contributed by atoms with Gasteiger partial charge < -0.3 is 5.11 Å². The lowest BCUT2D eigenvalue weighted by Gasteiger charge is -2.08. The highest BCUT2D eigenvalue weighted by molar-refractivity contribution is 7.85. The molecule has 0 aromatic carbocycles. The normalized spacial score (nSPS) is 17.0. The first-order valence-corrected chi connectivity index (χ1v) is 4.25. The van der Waals surface area contributed by atoms with Gasteiger partial charge in [-0.25, -0.2) is 0 Å². The average molecular weight is 204 g/mol. The lowest BCUT2D eigenvalue weighted by Crippen LogP contribution is -2.26. The summed E-state index contributed by atoms with van der Waals surface area (Å²) < 4.78 is 45.0. The molecule has 0 saturated carbocycles. The molecule has 0 saturated heterocycles. The van der Waals surface area contributed by atoms with Gasteiger partial charge in [-0.15, -0.1) is 0 Å². The number of aliphatic carboxylic acids is 1. The Labute approximate surface area is 69.0 Å². The largest absolute Gasteiger partial charge is 0.481 e. The first-order valence-electron chi connectivity index (χ1n) is 2.93. The van der Waals surface area contributed by atoms with Gasteiger partial charge in [0, 0.05) is 5.75 Å². The van der Waals surface area contributed by atoms with Crippen LogP contribution in [0.4, 0.5) is 13.2 Å². The van der Waals surface area contributed by atoms with Crippen molar-refractivity contribution < 1.29 is 27.3 Å². The summed E-state index contributed by atoms with van der Waals surface area (Å²) in [6.07, 6.45) is 0. The van der Waals surface area contributed by atoms with Crippen LogP contribution in [0.2, 0.25) is 0 Å². The van der Waals surface area contributed by atoms with Crippen LogP contribution in [-0.4, -0.2) is 26.5 Å². The van der Waals surface area contributed by atoms with Gasteiger partial charge in [-0.3, -0.25) is 9.00 Å². The predicted octanol–water partition coefficient (Wildman–Crippen LogP) is 0.976. The van der Waals surface area contributed by atoms with Gasteiger partial charge in [0.25, 0.3) is 0 Å². The first-order chi connectivity index (χ1) is 5.25. The van der Waals surface area contributed by atoms with Crippen LogP contribution >= 0.6 is 0 Å². The molecule has 0 fully saturated rings. The number of hydrogen-bond donors (Lipinski definition) is 1. The topological polar surface area (TPSA) is 54.4 Å². The highest BCUT2D eigenvalue weighted by atomic mass is 32.2. The van der Waals surface area contributed by atoms with Crippen LogP contribution in [0.25, 0.3) is 0 Å². The molecule has 0 bridgehead atoms. The zero-order chi connectivity index (χ0) is 9.94. The quantitative estimate of drug-likeness (QED) is 0.745. The van der Waals surface area contributed by atoms with E-state index in [1.54, 1.807) is 0 Å². The van der Waals surface area contributed by atoms with Gasteiger partial charge in [0.05, 0.1) is 5.92 Å². The van der Waals surface area contributed by atoms with Gasteiger partial charge in [-0.2, -0.15) is 13.2 Å². The Morgan fingerprint density at radius 1 is 1.58 bits per heavy atom. The summed E-state index contributed by atoms with van der Waals surface area (Å²) in [4.78, 5) is 10.1. The Kier molecular flexibility index (Phi) is 3.69. The molecule has 72 valence electrons. The summed E-state index contributed by atoms with van der Waals surface area (Å²) in [5, 5.41) is 8.19. The lowest BCUT2D eigenvalue weighted by atomic mass is 10.2. The first kappa shape index (κ1) is 11.4. The Hall–Kier alpha value is -0.590. The van der Waals surface area contributed by atoms with Gasteiger partial charge in [0.15, 0.2) is 0 Å². The minimum Gasteiger partial charge on any atom is -0.481 e. The highest BCUT2D eigenvalue weighted by Gasteiger charge is 2.38. The molecule has 1 N–H and O–H groups in total. The second kappa shape index (κ2) is 3.88. The van der Waals surface area contributed by atoms with Crippen molar-refractivity contribution in [1.29, 1.82) is 0 Å². The maximum atomic E-state index is 11.6. The number of carboxylic acid groups (broad SMARTS) is 1. The fraction of sp³-hybridized carbons (Fsp3) is 0.800. The van der Waals surface area contributed by atoms with E-state index in [0.717, 1.165) is 6.92 Å². The van der Waals surface area contributed by atoms with Crippen LogP contribution < -0.4 is 0 Å². The molecule has 0 amide bonds. The Balaban J connectivity index is 4.11. The Morgan fingerprint density at radius 2 is 2.00 bits per heavy atom. The van der Waals surface area contributed by atoms with Crippen molar-refractivity contribution in [2.24, 2.45) is 5.92 Å². The molecule has 2 unspecified atom stereocenters. The predicted molar refractivity (Wildman–Crippen MR) is 35.9 cm³/mol. The highest BCUT2D eigenvalue weighted by Crippen LogP contribution is 2.21. The zero-order valence-corrected chi connectivity index (χ0v) is 6.91. The van der Waals surface area contributed by atoms with E-state index in [4.69, 9.17) is 5.11 Å². The minimum atomic E-state index is -4.82. The molecule has 0 aromatic heterocycles. The third kappa shape index (κ3) is 3.70. The maximum Gasteiger partial charge on any atom is 0.471 e. The summed E-state index contributed by atoms with van der Waals surface area (Å²) in [5.74, 6) is -3.51. The molecular weight excluding hydrogens is 197 g/mol. The van der Waals surface area contributed by atoms with E-state index in [1.165, 1.54) is 0 Å². The van der Waals surface area contributed by atoms with Gasteiger partial charge in [0.1, 0.15) is 10.8 Å². The average Bonchev–Trinajstić information content (AvgIpc) is 1.85. The van der Waals surface area contributed by atoms with Gasteiger partial charge in [-0.05, 0) is 0 Å². The summed E-state index contributed by atoms with van der Waals surface area (Å²) in [6, 6.07) is 0. The molecule has 0 aliphatic heterocycles. The zero-order valence-electron chi connectivity index (χ0n) is 6.09. The Morgan fingerprint density at radius 3 is 2.25 bits per heavy atom. The third-order valence-corrected chi connectivity index (χ3v) is 2.40. The molecular formula is C5H7F3O3S. The van der Waals surface area contributed by atoms with Crippen molar-refractivity contribution >= 4 is 16.8 Å². The molecule has 0 radical (unpaired) electrons. The number of carboxylic acids is 1. The smallest absolute Gasteiger partial charge is 0.471 e. The standard InChI is InChI=1S/C5H7F3O3S/c1-3(4(9)10)2-12(11)5(6,7)8/h3H,2H2,1H3,(H,9,10).